The van der Waals surface area contributed by atoms with Crippen molar-refractivity contribution in [3.05, 3.63) is 29.6 Å². The van der Waals surface area contributed by atoms with Crippen LogP contribution in [0.4, 0.5) is 10.1 Å². The molecule has 3 nitrogen and oxygen atoms in total. The summed E-state index contributed by atoms with van der Waals surface area (Å²) in [4.78, 5) is 4.68. The third-order valence-electron chi connectivity index (χ3n) is 4.14. The molecule has 0 radical (unpaired) electrons. The lowest BCUT2D eigenvalue weighted by Gasteiger charge is -2.46. The molecule has 1 heterocycles. The predicted molar refractivity (Wildman–Crippen MR) is 77.9 cm³/mol. The average Bonchev–Trinajstić information content (AvgIpc) is 2.32. The predicted octanol–water partition coefficient (Wildman–Crippen LogP) is 2.38. The SMILES string of the molecule is C[C@H](N)c1cc(F)ccc1N1CCN(C)C(C)(C)C1. The van der Waals surface area contributed by atoms with Crippen molar-refractivity contribution in [1.29, 1.82) is 0 Å². The molecular weight excluding hydrogens is 241 g/mol. The largest absolute Gasteiger partial charge is 0.368 e. The van der Waals surface area contributed by atoms with Crippen LogP contribution in [-0.4, -0.2) is 37.1 Å². The Morgan fingerprint density at radius 3 is 2.58 bits per heavy atom. The highest BCUT2D eigenvalue weighted by atomic mass is 19.1. The van der Waals surface area contributed by atoms with Gasteiger partial charge < -0.3 is 10.6 Å². The van der Waals surface area contributed by atoms with Crippen molar-refractivity contribution in [3.63, 3.8) is 0 Å². The van der Waals surface area contributed by atoms with E-state index in [9.17, 15) is 4.39 Å². The summed E-state index contributed by atoms with van der Waals surface area (Å²) in [7, 11) is 2.15. The van der Waals surface area contributed by atoms with E-state index >= 15 is 0 Å². The molecule has 0 aliphatic carbocycles. The maximum atomic E-state index is 13.4. The van der Waals surface area contributed by atoms with E-state index in [1.165, 1.54) is 6.07 Å². The average molecular weight is 265 g/mol. The minimum Gasteiger partial charge on any atom is -0.368 e. The number of hydrogen-bond donors (Lipinski definition) is 1. The lowest BCUT2D eigenvalue weighted by Crippen LogP contribution is -2.58. The fraction of sp³-hybridized carbons (Fsp3) is 0.600. The van der Waals surface area contributed by atoms with Crippen LogP contribution in [0, 0.1) is 5.82 Å². The first-order chi connectivity index (χ1) is 8.81. The lowest BCUT2D eigenvalue weighted by molar-refractivity contribution is 0.138. The van der Waals surface area contributed by atoms with Gasteiger partial charge in [-0.15, -0.1) is 0 Å². The van der Waals surface area contributed by atoms with Crippen molar-refractivity contribution < 1.29 is 4.39 Å². The van der Waals surface area contributed by atoms with Crippen LogP contribution >= 0.6 is 0 Å². The third kappa shape index (κ3) is 2.90. The van der Waals surface area contributed by atoms with Gasteiger partial charge in [0.2, 0.25) is 0 Å². The van der Waals surface area contributed by atoms with Gasteiger partial charge in [0.15, 0.2) is 0 Å². The van der Waals surface area contributed by atoms with E-state index in [0.717, 1.165) is 30.9 Å². The second-order valence-corrected chi connectivity index (χ2v) is 6.15. The third-order valence-corrected chi connectivity index (χ3v) is 4.14. The summed E-state index contributed by atoms with van der Waals surface area (Å²) in [6.07, 6.45) is 0. The van der Waals surface area contributed by atoms with Crippen molar-refractivity contribution in [2.24, 2.45) is 5.73 Å². The second-order valence-electron chi connectivity index (χ2n) is 6.15. The summed E-state index contributed by atoms with van der Waals surface area (Å²) < 4.78 is 13.4. The summed E-state index contributed by atoms with van der Waals surface area (Å²) in [5.74, 6) is -0.218. The Kier molecular flexibility index (Phi) is 3.83. The molecule has 0 saturated carbocycles. The van der Waals surface area contributed by atoms with E-state index < -0.39 is 0 Å². The summed E-state index contributed by atoms with van der Waals surface area (Å²) >= 11 is 0. The van der Waals surface area contributed by atoms with E-state index in [1.54, 1.807) is 6.07 Å². The number of benzene rings is 1. The molecule has 19 heavy (non-hydrogen) atoms. The van der Waals surface area contributed by atoms with Crippen LogP contribution in [-0.2, 0) is 0 Å². The zero-order valence-electron chi connectivity index (χ0n) is 12.3. The molecule has 0 bridgehead atoms. The Morgan fingerprint density at radius 2 is 2.00 bits per heavy atom. The molecular formula is C15H24FN3. The second kappa shape index (κ2) is 5.10. The number of anilines is 1. The molecule has 4 heteroatoms. The van der Waals surface area contributed by atoms with Gasteiger partial charge in [-0.05, 0) is 51.6 Å². The number of likely N-dealkylation sites (N-methyl/N-ethyl adjacent to an activating group) is 1. The van der Waals surface area contributed by atoms with Crippen LogP contribution < -0.4 is 10.6 Å². The van der Waals surface area contributed by atoms with Crippen molar-refractivity contribution in [1.82, 2.24) is 4.90 Å². The standard InChI is InChI=1S/C15H24FN3/c1-11(17)13-9-12(16)5-6-14(13)19-8-7-18(4)15(2,3)10-19/h5-6,9,11H,7-8,10,17H2,1-4H3/t11-/m0/s1. The molecule has 0 aromatic heterocycles. The molecule has 1 saturated heterocycles. The van der Waals surface area contributed by atoms with E-state index in [4.69, 9.17) is 5.73 Å². The molecule has 0 spiro atoms. The van der Waals surface area contributed by atoms with Gasteiger partial charge in [0.1, 0.15) is 5.82 Å². The Balaban J connectivity index is 2.32. The van der Waals surface area contributed by atoms with E-state index in [-0.39, 0.29) is 17.4 Å². The molecule has 106 valence electrons. The number of piperazine rings is 1. The van der Waals surface area contributed by atoms with Gasteiger partial charge in [-0.2, -0.15) is 0 Å². The molecule has 1 aliphatic rings. The number of rotatable bonds is 2. The van der Waals surface area contributed by atoms with Crippen LogP contribution in [0.25, 0.3) is 0 Å². The summed E-state index contributed by atoms with van der Waals surface area (Å²) in [5, 5.41) is 0. The van der Waals surface area contributed by atoms with Crippen molar-refractivity contribution in [3.8, 4) is 0 Å². The molecule has 0 unspecified atom stereocenters. The molecule has 1 aliphatic heterocycles. The highest BCUT2D eigenvalue weighted by Gasteiger charge is 2.32. The van der Waals surface area contributed by atoms with Crippen molar-refractivity contribution >= 4 is 5.69 Å². The lowest BCUT2D eigenvalue weighted by atomic mass is 9.97. The maximum absolute atomic E-state index is 13.4. The molecule has 1 aromatic carbocycles. The van der Waals surface area contributed by atoms with Gasteiger partial charge in [0, 0.05) is 36.9 Å². The van der Waals surface area contributed by atoms with E-state index in [1.807, 2.05) is 13.0 Å². The first-order valence-corrected chi connectivity index (χ1v) is 6.82. The number of nitrogens with zero attached hydrogens (tertiary/aromatic N) is 2. The first kappa shape index (κ1) is 14.3. The highest BCUT2D eigenvalue weighted by Crippen LogP contribution is 2.30. The Morgan fingerprint density at radius 1 is 1.32 bits per heavy atom. The molecule has 0 amide bonds. The zero-order valence-corrected chi connectivity index (χ0v) is 12.3. The first-order valence-electron chi connectivity index (χ1n) is 6.82. The number of halogens is 1. The summed E-state index contributed by atoms with van der Waals surface area (Å²) in [5.41, 5.74) is 8.05. The van der Waals surface area contributed by atoms with Gasteiger partial charge in [-0.1, -0.05) is 0 Å². The molecule has 2 N–H and O–H groups in total. The molecule has 1 atom stereocenters. The van der Waals surface area contributed by atoms with Crippen molar-refractivity contribution in [2.45, 2.75) is 32.4 Å². The van der Waals surface area contributed by atoms with Crippen molar-refractivity contribution in [2.75, 3.05) is 31.6 Å². The van der Waals surface area contributed by atoms with E-state index in [0.29, 0.717) is 0 Å². The quantitative estimate of drug-likeness (QED) is 0.891. The normalized spacial score (nSPS) is 21.5. The van der Waals surface area contributed by atoms with Crippen LogP contribution in [0.3, 0.4) is 0 Å². The maximum Gasteiger partial charge on any atom is 0.123 e. The fourth-order valence-electron chi connectivity index (χ4n) is 2.62. The van der Waals surface area contributed by atoms with Crippen LogP contribution in [0.15, 0.2) is 18.2 Å². The van der Waals surface area contributed by atoms with Gasteiger partial charge >= 0.3 is 0 Å². The highest BCUT2D eigenvalue weighted by molar-refractivity contribution is 5.56. The number of nitrogens with two attached hydrogens (primary N) is 1. The van der Waals surface area contributed by atoms with Crippen LogP contribution in [0.1, 0.15) is 32.4 Å². The zero-order chi connectivity index (χ0) is 14.2. The van der Waals surface area contributed by atoms with Gasteiger partial charge in [-0.25, -0.2) is 4.39 Å². The van der Waals surface area contributed by atoms with Crippen LogP contribution in [0.5, 0.6) is 0 Å². The molecule has 1 aromatic rings. The Bertz CT molecular complexity index is 457. The summed E-state index contributed by atoms with van der Waals surface area (Å²) in [6.45, 7) is 9.24. The molecule has 2 rings (SSSR count). The smallest absolute Gasteiger partial charge is 0.123 e. The topological polar surface area (TPSA) is 32.5 Å². The van der Waals surface area contributed by atoms with Crippen LogP contribution in [0.2, 0.25) is 0 Å². The minimum absolute atomic E-state index is 0.113. The summed E-state index contributed by atoms with van der Waals surface area (Å²) in [6, 6.07) is 4.78. The fourth-order valence-corrected chi connectivity index (χ4v) is 2.62. The molecule has 1 fully saturated rings. The van der Waals surface area contributed by atoms with Gasteiger partial charge in [0.05, 0.1) is 0 Å². The Labute approximate surface area is 115 Å². The van der Waals surface area contributed by atoms with Gasteiger partial charge in [0.25, 0.3) is 0 Å². The minimum atomic E-state index is -0.218. The number of hydrogen-bond acceptors (Lipinski definition) is 3. The Hall–Kier alpha value is -1.13. The van der Waals surface area contributed by atoms with Gasteiger partial charge in [-0.3, -0.25) is 4.90 Å². The van der Waals surface area contributed by atoms with E-state index in [2.05, 4.69) is 30.7 Å². The monoisotopic (exact) mass is 265 g/mol.